The number of thiophene rings is 1. The lowest BCUT2D eigenvalue weighted by Crippen LogP contribution is -2.37. The lowest BCUT2D eigenvalue weighted by Gasteiger charge is -2.27. The maximum absolute atomic E-state index is 13.1. The zero-order valence-corrected chi connectivity index (χ0v) is 17.3. The Kier molecular flexibility index (Phi) is 6.25. The summed E-state index contributed by atoms with van der Waals surface area (Å²) in [5, 5.41) is 3.03. The van der Waals surface area contributed by atoms with Crippen LogP contribution in [0.3, 0.4) is 0 Å². The minimum absolute atomic E-state index is 0.0298. The van der Waals surface area contributed by atoms with Crippen molar-refractivity contribution in [2.75, 3.05) is 32.7 Å². The number of fused-ring (bicyclic) bond motifs is 1. The molecule has 4 rings (SSSR count). The first-order chi connectivity index (χ1) is 14.1. The topological polar surface area (TPSA) is 52.7 Å². The van der Waals surface area contributed by atoms with Gasteiger partial charge in [-0.15, -0.1) is 11.3 Å². The molecule has 2 aliphatic rings. The second-order valence-electron chi connectivity index (χ2n) is 7.70. The second-order valence-corrected chi connectivity index (χ2v) is 8.84. The molecule has 0 spiro atoms. The van der Waals surface area contributed by atoms with Crippen molar-refractivity contribution in [2.24, 2.45) is 0 Å². The first kappa shape index (κ1) is 20.0. The van der Waals surface area contributed by atoms with E-state index in [0.717, 1.165) is 31.6 Å². The SMILES string of the molecule is O=C(NCCN1CCCCC1)c1cc2c(s1)CCN(C(=O)c1ccc(F)cc1)C2. The van der Waals surface area contributed by atoms with Gasteiger partial charge in [0.05, 0.1) is 4.88 Å². The molecule has 0 saturated carbocycles. The Morgan fingerprint density at radius 3 is 2.59 bits per heavy atom. The van der Waals surface area contributed by atoms with Crippen LogP contribution >= 0.6 is 11.3 Å². The average Bonchev–Trinajstić information content (AvgIpc) is 3.18. The Balaban J connectivity index is 1.33. The number of rotatable bonds is 5. The van der Waals surface area contributed by atoms with Gasteiger partial charge in [0.2, 0.25) is 0 Å². The number of hydrogen-bond acceptors (Lipinski definition) is 4. The molecule has 2 aromatic rings. The molecule has 1 aromatic carbocycles. The standard InChI is InChI=1S/C22H26FN3O2S/c23-18-6-4-16(5-7-18)22(28)26-12-8-19-17(15-26)14-20(29-19)21(27)24-9-13-25-10-2-1-3-11-25/h4-7,14H,1-3,8-13,15H2,(H,24,27). The summed E-state index contributed by atoms with van der Waals surface area (Å²) in [7, 11) is 0. The van der Waals surface area contributed by atoms with Gasteiger partial charge in [0.25, 0.3) is 11.8 Å². The van der Waals surface area contributed by atoms with Crippen molar-refractivity contribution < 1.29 is 14.0 Å². The van der Waals surface area contributed by atoms with E-state index in [0.29, 0.717) is 30.1 Å². The van der Waals surface area contributed by atoms with Crippen molar-refractivity contribution in [3.63, 3.8) is 0 Å². The number of nitrogens with zero attached hydrogens (tertiary/aromatic N) is 2. The number of nitrogens with one attached hydrogen (secondary N) is 1. The summed E-state index contributed by atoms with van der Waals surface area (Å²) in [4.78, 5) is 31.3. The van der Waals surface area contributed by atoms with E-state index < -0.39 is 0 Å². The van der Waals surface area contributed by atoms with Crippen LogP contribution in [0.25, 0.3) is 0 Å². The molecule has 1 aromatic heterocycles. The quantitative estimate of drug-likeness (QED) is 0.815. The average molecular weight is 416 g/mol. The van der Waals surface area contributed by atoms with E-state index in [4.69, 9.17) is 0 Å². The van der Waals surface area contributed by atoms with Gasteiger partial charge in [-0.1, -0.05) is 6.42 Å². The molecule has 5 nitrogen and oxygen atoms in total. The third-order valence-electron chi connectivity index (χ3n) is 5.63. The number of carbonyl (C=O) groups excluding carboxylic acids is 2. The lowest BCUT2D eigenvalue weighted by molar-refractivity contribution is 0.0735. The van der Waals surface area contributed by atoms with Gasteiger partial charge in [0, 0.05) is 36.6 Å². The maximum Gasteiger partial charge on any atom is 0.261 e. The fraction of sp³-hybridized carbons (Fsp3) is 0.455. The third-order valence-corrected chi connectivity index (χ3v) is 6.87. The van der Waals surface area contributed by atoms with Crippen LogP contribution in [0.4, 0.5) is 4.39 Å². The Bertz CT molecular complexity index is 875. The number of carbonyl (C=O) groups is 2. The van der Waals surface area contributed by atoms with Gasteiger partial charge in [-0.25, -0.2) is 4.39 Å². The van der Waals surface area contributed by atoms with E-state index in [1.165, 1.54) is 59.7 Å². The fourth-order valence-corrected chi connectivity index (χ4v) is 5.07. The molecule has 3 heterocycles. The van der Waals surface area contributed by atoms with Crippen LogP contribution in [0.15, 0.2) is 30.3 Å². The molecule has 1 saturated heterocycles. The molecule has 2 aliphatic heterocycles. The highest BCUT2D eigenvalue weighted by molar-refractivity contribution is 7.14. The van der Waals surface area contributed by atoms with E-state index in [9.17, 15) is 14.0 Å². The molecule has 29 heavy (non-hydrogen) atoms. The molecule has 1 N–H and O–H groups in total. The van der Waals surface area contributed by atoms with Crippen molar-refractivity contribution in [3.8, 4) is 0 Å². The highest BCUT2D eigenvalue weighted by Gasteiger charge is 2.25. The molecule has 0 radical (unpaired) electrons. The first-order valence-corrected chi connectivity index (χ1v) is 11.1. The number of benzene rings is 1. The Labute approximate surface area is 174 Å². The molecule has 1 fully saturated rings. The molecule has 7 heteroatoms. The van der Waals surface area contributed by atoms with Gasteiger partial charge in [-0.05, 0) is 68.2 Å². The van der Waals surface area contributed by atoms with Crippen LogP contribution in [0.2, 0.25) is 0 Å². The highest BCUT2D eigenvalue weighted by atomic mass is 32.1. The van der Waals surface area contributed by atoms with Crippen molar-refractivity contribution in [1.82, 2.24) is 15.1 Å². The summed E-state index contributed by atoms with van der Waals surface area (Å²) in [6.45, 7) is 4.92. The minimum atomic E-state index is -0.351. The Morgan fingerprint density at radius 2 is 1.83 bits per heavy atom. The largest absolute Gasteiger partial charge is 0.350 e. The van der Waals surface area contributed by atoms with Crippen LogP contribution in [0.5, 0.6) is 0 Å². The van der Waals surface area contributed by atoms with Gasteiger partial charge in [-0.3, -0.25) is 9.59 Å². The van der Waals surface area contributed by atoms with Crippen LogP contribution in [0, 0.1) is 5.82 Å². The number of amides is 2. The monoisotopic (exact) mass is 415 g/mol. The predicted molar refractivity (Wildman–Crippen MR) is 112 cm³/mol. The summed E-state index contributed by atoms with van der Waals surface area (Å²) in [5.74, 6) is -0.483. The molecular weight excluding hydrogens is 389 g/mol. The summed E-state index contributed by atoms with van der Waals surface area (Å²) >= 11 is 1.53. The lowest BCUT2D eigenvalue weighted by atomic mass is 10.1. The van der Waals surface area contributed by atoms with Crippen LogP contribution in [0.1, 0.15) is 49.7 Å². The molecule has 0 unspecified atom stereocenters. The van der Waals surface area contributed by atoms with Crippen molar-refractivity contribution in [1.29, 1.82) is 0 Å². The maximum atomic E-state index is 13.1. The van der Waals surface area contributed by atoms with Gasteiger partial charge >= 0.3 is 0 Å². The highest BCUT2D eigenvalue weighted by Crippen LogP contribution is 2.29. The van der Waals surface area contributed by atoms with Gasteiger partial charge < -0.3 is 15.1 Å². The van der Waals surface area contributed by atoms with Crippen molar-refractivity contribution in [2.45, 2.75) is 32.2 Å². The number of hydrogen-bond donors (Lipinski definition) is 1. The van der Waals surface area contributed by atoms with Crippen LogP contribution < -0.4 is 5.32 Å². The smallest absolute Gasteiger partial charge is 0.261 e. The number of likely N-dealkylation sites (tertiary alicyclic amines) is 1. The van der Waals surface area contributed by atoms with Crippen LogP contribution in [-0.2, 0) is 13.0 Å². The summed E-state index contributed by atoms with van der Waals surface area (Å²) in [5.41, 5.74) is 1.53. The molecule has 154 valence electrons. The molecule has 0 atom stereocenters. The number of halogens is 1. The van der Waals surface area contributed by atoms with E-state index in [-0.39, 0.29) is 17.6 Å². The molecule has 2 amide bonds. The van der Waals surface area contributed by atoms with E-state index in [1.54, 1.807) is 4.90 Å². The Morgan fingerprint density at radius 1 is 1.07 bits per heavy atom. The Hall–Kier alpha value is -2.25. The molecule has 0 aliphatic carbocycles. The van der Waals surface area contributed by atoms with Crippen molar-refractivity contribution >= 4 is 23.2 Å². The summed E-state index contributed by atoms with van der Waals surface area (Å²) < 4.78 is 13.1. The fourth-order valence-electron chi connectivity index (χ4n) is 3.99. The second kappa shape index (κ2) is 9.05. The van der Waals surface area contributed by atoms with Gasteiger partial charge in [0.15, 0.2) is 0 Å². The summed E-state index contributed by atoms with van der Waals surface area (Å²) in [6.07, 6.45) is 4.55. The number of piperidine rings is 1. The van der Waals surface area contributed by atoms with Gasteiger partial charge in [0.1, 0.15) is 5.82 Å². The molecule has 0 bridgehead atoms. The van der Waals surface area contributed by atoms with Gasteiger partial charge in [-0.2, -0.15) is 0 Å². The van der Waals surface area contributed by atoms with E-state index in [1.807, 2.05) is 6.07 Å². The van der Waals surface area contributed by atoms with Crippen LogP contribution in [-0.4, -0.2) is 54.3 Å². The first-order valence-electron chi connectivity index (χ1n) is 10.3. The van der Waals surface area contributed by atoms with E-state index in [2.05, 4.69) is 10.2 Å². The predicted octanol–water partition coefficient (Wildman–Crippen LogP) is 3.30. The third kappa shape index (κ3) is 4.85. The van der Waals surface area contributed by atoms with Crippen molar-refractivity contribution in [3.05, 3.63) is 57.0 Å². The normalized spacial score (nSPS) is 17.1. The minimum Gasteiger partial charge on any atom is -0.350 e. The summed E-state index contributed by atoms with van der Waals surface area (Å²) in [6, 6.07) is 7.56. The molecular formula is C22H26FN3O2S. The zero-order chi connectivity index (χ0) is 20.2. The van der Waals surface area contributed by atoms with E-state index >= 15 is 0 Å². The zero-order valence-electron chi connectivity index (χ0n) is 16.5.